The molecule has 360 valence electrons. The molecule has 1 fully saturated rings. The van der Waals surface area contributed by atoms with Gasteiger partial charge >= 0.3 is 17.9 Å². The van der Waals surface area contributed by atoms with Crippen LogP contribution in [0.15, 0.2) is 0 Å². The van der Waals surface area contributed by atoms with Crippen molar-refractivity contribution in [3.63, 3.8) is 0 Å². The number of unbranched alkanes of at least 4 members (excludes halogenated alkanes) is 14. The van der Waals surface area contributed by atoms with Crippen molar-refractivity contribution in [1.82, 2.24) is 4.90 Å². The standard InChI is InChI=1S/C53H101NO7/c1-9-13-21-31-45(32-22-14-10-2)35-29-41-60-50(57)52(5,6)37-25-17-19-27-39-54-44-47(55)43-48(54)49(56)59-40-28-20-18-26-38-53(7,8)51(58)61-42-30-36-46(33-23-15-11-3)34-24-16-12-4/h45-48,55H,9-44H2,1-8H3/t47-,48+/m1/s1. The summed E-state index contributed by atoms with van der Waals surface area (Å²) >= 11 is 0. The molecule has 8 heteroatoms. The van der Waals surface area contributed by atoms with Gasteiger partial charge in [-0.15, -0.1) is 0 Å². The first-order chi connectivity index (χ1) is 29.3. The normalized spacial score (nSPS) is 16.2. The van der Waals surface area contributed by atoms with E-state index in [1.807, 2.05) is 27.7 Å². The van der Waals surface area contributed by atoms with Gasteiger partial charge in [0.2, 0.25) is 0 Å². The minimum Gasteiger partial charge on any atom is -0.465 e. The highest BCUT2D eigenvalue weighted by molar-refractivity contribution is 5.76. The van der Waals surface area contributed by atoms with Crippen LogP contribution in [-0.4, -0.2) is 73.0 Å². The Balaban J connectivity index is 2.25. The van der Waals surface area contributed by atoms with Crippen LogP contribution < -0.4 is 0 Å². The van der Waals surface area contributed by atoms with Crippen molar-refractivity contribution in [3.8, 4) is 0 Å². The van der Waals surface area contributed by atoms with Gasteiger partial charge in [0.05, 0.1) is 36.8 Å². The summed E-state index contributed by atoms with van der Waals surface area (Å²) in [5, 5.41) is 10.4. The molecule has 8 nitrogen and oxygen atoms in total. The predicted octanol–water partition coefficient (Wildman–Crippen LogP) is 14.1. The van der Waals surface area contributed by atoms with E-state index in [2.05, 4.69) is 32.6 Å². The monoisotopic (exact) mass is 864 g/mol. The van der Waals surface area contributed by atoms with Crippen LogP contribution in [0.1, 0.15) is 254 Å². The molecule has 0 unspecified atom stereocenters. The van der Waals surface area contributed by atoms with Gasteiger partial charge in [0, 0.05) is 13.0 Å². The predicted molar refractivity (Wildman–Crippen MR) is 255 cm³/mol. The van der Waals surface area contributed by atoms with Gasteiger partial charge in [-0.3, -0.25) is 19.3 Å². The Hall–Kier alpha value is -1.67. The molecule has 61 heavy (non-hydrogen) atoms. The topological polar surface area (TPSA) is 102 Å². The molecule has 1 saturated heterocycles. The molecule has 0 amide bonds. The number of carbonyl (C=O) groups is 3. The van der Waals surface area contributed by atoms with E-state index in [4.69, 9.17) is 14.2 Å². The van der Waals surface area contributed by atoms with Crippen LogP contribution in [-0.2, 0) is 28.6 Å². The lowest BCUT2D eigenvalue weighted by Crippen LogP contribution is -2.38. The highest BCUT2D eigenvalue weighted by atomic mass is 16.5. The van der Waals surface area contributed by atoms with Gasteiger partial charge < -0.3 is 19.3 Å². The van der Waals surface area contributed by atoms with Crippen LogP contribution in [0.5, 0.6) is 0 Å². The average molecular weight is 864 g/mol. The smallest absolute Gasteiger partial charge is 0.323 e. The van der Waals surface area contributed by atoms with Gasteiger partial charge in [0.25, 0.3) is 0 Å². The summed E-state index contributed by atoms with van der Waals surface area (Å²) < 4.78 is 17.2. The lowest BCUT2D eigenvalue weighted by atomic mass is 9.87. The maximum absolute atomic E-state index is 13.0. The molecule has 0 radical (unpaired) electrons. The summed E-state index contributed by atoms with van der Waals surface area (Å²) in [6, 6.07) is -0.383. The molecule has 1 aliphatic rings. The second kappa shape index (κ2) is 35.7. The number of rotatable bonds is 41. The number of carbonyl (C=O) groups excluding carboxylic acids is 3. The van der Waals surface area contributed by atoms with E-state index in [1.54, 1.807) is 0 Å². The highest BCUT2D eigenvalue weighted by Gasteiger charge is 2.37. The first-order valence-corrected chi connectivity index (χ1v) is 26.2. The third kappa shape index (κ3) is 28.0. The number of aliphatic hydroxyl groups excluding tert-OH is 1. The fraction of sp³-hybridized carbons (Fsp3) is 0.943. The van der Waals surface area contributed by atoms with Gasteiger partial charge in [-0.2, -0.15) is 0 Å². The number of hydrogen-bond acceptors (Lipinski definition) is 8. The average Bonchev–Trinajstić information content (AvgIpc) is 3.61. The number of β-amino-alcohol motifs (C(OH)–C–C–N with tert-alkyl or cyclic N) is 1. The summed E-state index contributed by atoms with van der Waals surface area (Å²) in [4.78, 5) is 41.0. The van der Waals surface area contributed by atoms with Crippen molar-refractivity contribution in [2.75, 3.05) is 32.9 Å². The minimum absolute atomic E-state index is 0.0746. The fourth-order valence-corrected chi connectivity index (χ4v) is 9.17. The Kier molecular flexibility index (Phi) is 33.5. The molecule has 2 atom stereocenters. The van der Waals surface area contributed by atoms with Gasteiger partial charge in [-0.05, 0) is 97.4 Å². The second-order valence-electron chi connectivity index (χ2n) is 20.4. The lowest BCUT2D eigenvalue weighted by Gasteiger charge is -2.24. The number of esters is 3. The Morgan fingerprint density at radius 3 is 1.31 bits per heavy atom. The number of nitrogens with zero attached hydrogens (tertiary/aromatic N) is 1. The van der Waals surface area contributed by atoms with E-state index in [0.717, 1.165) is 108 Å². The molecule has 1 rings (SSSR count). The van der Waals surface area contributed by atoms with E-state index in [9.17, 15) is 19.5 Å². The molecule has 0 saturated carbocycles. The Morgan fingerprint density at radius 1 is 0.508 bits per heavy atom. The van der Waals surface area contributed by atoms with Crippen LogP contribution >= 0.6 is 0 Å². The molecule has 0 bridgehead atoms. The van der Waals surface area contributed by atoms with Crippen molar-refractivity contribution in [2.45, 2.75) is 267 Å². The SMILES string of the molecule is CCCCCC(CCCCC)CCCOC(=O)C(C)(C)CCCCCCOC(=O)[C@@H]1C[C@@H](O)CN1CCCCCCC(C)(C)C(=O)OCCCC(CCCCC)CCCCC. The van der Waals surface area contributed by atoms with Gasteiger partial charge in [-0.25, -0.2) is 0 Å². The number of likely N-dealkylation sites (tertiary alicyclic amines) is 1. The van der Waals surface area contributed by atoms with Crippen molar-refractivity contribution in [1.29, 1.82) is 0 Å². The molecule has 1 N–H and O–H groups in total. The van der Waals surface area contributed by atoms with Crippen molar-refractivity contribution < 1.29 is 33.7 Å². The minimum atomic E-state index is -0.504. The van der Waals surface area contributed by atoms with Gasteiger partial charge in [0.1, 0.15) is 6.04 Å². The molecule has 0 aliphatic carbocycles. The van der Waals surface area contributed by atoms with E-state index < -0.39 is 16.9 Å². The molecular weight excluding hydrogens is 763 g/mol. The molecule has 0 spiro atoms. The summed E-state index contributed by atoms with van der Waals surface area (Å²) in [6.45, 7) is 19.8. The number of hydrogen-bond donors (Lipinski definition) is 1. The summed E-state index contributed by atoms with van der Waals surface area (Å²) in [6.07, 6.45) is 34.2. The fourth-order valence-electron chi connectivity index (χ4n) is 9.17. The quantitative estimate of drug-likeness (QED) is 0.0368. The van der Waals surface area contributed by atoms with E-state index in [-0.39, 0.29) is 23.9 Å². The first kappa shape index (κ1) is 57.3. The molecule has 1 heterocycles. The summed E-state index contributed by atoms with van der Waals surface area (Å²) in [5.41, 5.74) is -0.972. The summed E-state index contributed by atoms with van der Waals surface area (Å²) in [5.74, 6) is 1.14. The maximum Gasteiger partial charge on any atom is 0.323 e. The second-order valence-corrected chi connectivity index (χ2v) is 20.4. The Labute approximate surface area is 377 Å². The molecular formula is C53H101NO7. The third-order valence-corrected chi connectivity index (χ3v) is 13.5. The Morgan fingerprint density at radius 2 is 0.885 bits per heavy atom. The van der Waals surface area contributed by atoms with Crippen LogP contribution in [0.4, 0.5) is 0 Å². The largest absolute Gasteiger partial charge is 0.465 e. The van der Waals surface area contributed by atoms with E-state index in [0.29, 0.717) is 32.8 Å². The number of aliphatic hydroxyl groups is 1. The van der Waals surface area contributed by atoms with E-state index in [1.165, 1.54) is 103 Å². The van der Waals surface area contributed by atoms with Crippen LogP contribution in [0, 0.1) is 22.7 Å². The van der Waals surface area contributed by atoms with Crippen LogP contribution in [0.2, 0.25) is 0 Å². The molecule has 0 aromatic heterocycles. The Bertz CT molecular complexity index is 1070. The van der Waals surface area contributed by atoms with Gasteiger partial charge in [-0.1, -0.05) is 169 Å². The zero-order valence-electron chi connectivity index (χ0n) is 41.6. The summed E-state index contributed by atoms with van der Waals surface area (Å²) in [7, 11) is 0. The van der Waals surface area contributed by atoms with E-state index >= 15 is 0 Å². The molecule has 1 aliphatic heterocycles. The van der Waals surface area contributed by atoms with Crippen molar-refractivity contribution >= 4 is 17.9 Å². The van der Waals surface area contributed by atoms with Crippen LogP contribution in [0.25, 0.3) is 0 Å². The van der Waals surface area contributed by atoms with Gasteiger partial charge in [0.15, 0.2) is 0 Å². The molecule has 0 aromatic rings. The van der Waals surface area contributed by atoms with Crippen LogP contribution in [0.3, 0.4) is 0 Å². The van der Waals surface area contributed by atoms with Crippen molar-refractivity contribution in [2.24, 2.45) is 22.7 Å². The number of ether oxygens (including phenoxy) is 3. The molecule has 0 aromatic carbocycles. The van der Waals surface area contributed by atoms with Crippen molar-refractivity contribution in [3.05, 3.63) is 0 Å². The lowest BCUT2D eigenvalue weighted by molar-refractivity contribution is -0.155. The zero-order chi connectivity index (χ0) is 45.2. The zero-order valence-corrected chi connectivity index (χ0v) is 41.6. The first-order valence-electron chi connectivity index (χ1n) is 26.2. The third-order valence-electron chi connectivity index (χ3n) is 13.5. The highest BCUT2D eigenvalue weighted by Crippen LogP contribution is 2.29. The maximum atomic E-state index is 13.0.